The fraction of sp³-hybridized carbons (Fsp3) is 0.0370. The van der Waals surface area contributed by atoms with Gasteiger partial charge in [0.15, 0.2) is 17.3 Å². The van der Waals surface area contributed by atoms with Gasteiger partial charge >= 0.3 is 0 Å². The second-order valence-electron chi connectivity index (χ2n) is 7.55. The molecule has 1 aromatic heterocycles. The average Bonchev–Trinajstić information content (AvgIpc) is 3.36. The summed E-state index contributed by atoms with van der Waals surface area (Å²) in [6, 6.07) is 22.4. The molecule has 2 heterocycles. The third-order valence-electron chi connectivity index (χ3n) is 5.48. The first kappa shape index (κ1) is 21.1. The number of rotatable bonds is 5. The Morgan fingerprint density at radius 2 is 1.71 bits per heavy atom. The summed E-state index contributed by atoms with van der Waals surface area (Å²) < 4.78 is 11.0. The predicted octanol–water partition coefficient (Wildman–Crippen LogP) is 5.02. The van der Waals surface area contributed by atoms with Gasteiger partial charge in [0.05, 0.1) is 5.69 Å². The quantitative estimate of drug-likeness (QED) is 0.342. The summed E-state index contributed by atoms with van der Waals surface area (Å²) in [6.45, 7) is 3.88. The van der Waals surface area contributed by atoms with Crippen LogP contribution in [0, 0.1) is 0 Å². The van der Waals surface area contributed by atoms with E-state index in [2.05, 4.69) is 16.7 Å². The molecular formula is C27H20N4O3. The van der Waals surface area contributed by atoms with Crippen LogP contribution in [0.5, 0.6) is 11.5 Å². The van der Waals surface area contributed by atoms with Crippen molar-refractivity contribution in [3.8, 4) is 33.8 Å². The Kier molecular flexibility index (Phi) is 5.58. The van der Waals surface area contributed by atoms with E-state index in [0.29, 0.717) is 34.1 Å². The molecule has 0 bridgehead atoms. The largest absolute Gasteiger partial charge is 0.454 e. The number of aliphatic imine (C=N–C) groups is 2. The summed E-state index contributed by atoms with van der Waals surface area (Å²) in [5, 5.41) is 0. The Labute approximate surface area is 196 Å². The van der Waals surface area contributed by atoms with Gasteiger partial charge in [-0.2, -0.15) is 0 Å². The van der Waals surface area contributed by atoms with Crippen molar-refractivity contribution in [3.05, 3.63) is 96.3 Å². The molecule has 7 heteroatoms. The van der Waals surface area contributed by atoms with Gasteiger partial charge in [0.1, 0.15) is 0 Å². The zero-order valence-corrected chi connectivity index (χ0v) is 18.1. The number of amides is 1. The highest BCUT2D eigenvalue weighted by atomic mass is 16.7. The number of nitrogens with two attached hydrogens (primary N) is 1. The number of carbonyl (C=O) groups excluding carboxylic acids is 1. The lowest BCUT2D eigenvalue weighted by Gasteiger charge is -2.13. The molecule has 0 unspecified atom stereocenters. The number of ether oxygens (including phenoxy) is 2. The van der Waals surface area contributed by atoms with Gasteiger partial charge in [-0.25, -0.2) is 9.98 Å². The highest BCUT2D eigenvalue weighted by Gasteiger charge is 2.17. The third kappa shape index (κ3) is 4.02. The van der Waals surface area contributed by atoms with Crippen LogP contribution in [0.3, 0.4) is 0 Å². The highest BCUT2D eigenvalue weighted by Crippen LogP contribution is 2.40. The normalized spacial score (nSPS) is 12.4. The van der Waals surface area contributed by atoms with Crippen molar-refractivity contribution in [2.24, 2.45) is 15.7 Å². The molecule has 0 atom stereocenters. The van der Waals surface area contributed by atoms with Crippen LogP contribution in [-0.2, 0) is 0 Å². The van der Waals surface area contributed by atoms with Gasteiger partial charge in [0.25, 0.3) is 0 Å². The van der Waals surface area contributed by atoms with Crippen molar-refractivity contribution in [1.29, 1.82) is 0 Å². The first-order valence-electron chi connectivity index (χ1n) is 10.5. The molecule has 0 saturated heterocycles. The molecule has 1 amide bonds. The number of primary amides is 1. The van der Waals surface area contributed by atoms with Crippen LogP contribution < -0.4 is 15.2 Å². The predicted molar refractivity (Wildman–Crippen MR) is 132 cm³/mol. The summed E-state index contributed by atoms with van der Waals surface area (Å²) in [5.74, 6) is 1.30. The molecule has 0 radical (unpaired) electrons. The number of nitrogens with zero attached hydrogens (tertiary/aromatic N) is 3. The third-order valence-corrected chi connectivity index (χ3v) is 5.48. The molecule has 0 fully saturated rings. The van der Waals surface area contributed by atoms with Crippen molar-refractivity contribution in [3.63, 3.8) is 0 Å². The Morgan fingerprint density at radius 3 is 2.50 bits per heavy atom. The standard InChI is InChI=1S/C27H20N4O3/c1-29-27(19-5-4-12-30-15-19)31-23-10-8-17(18-9-11-24-25(14-18)34-16-33-24)13-22(23)20-6-2-3-7-21(20)26(28)32/h2-15H,1,16H2,(H2,28,32). The number of amidine groups is 1. The van der Waals surface area contributed by atoms with Gasteiger partial charge in [0.2, 0.25) is 12.7 Å². The maximum atomic E-state index is 12.2. The lowest BCUT2D eigenvalue weighted by atomic mass is 9.94. The van der Waals surface area contributed by atoms with Gasteiger partial charge in [-0.05, 0) is 65.9 Å². The van der Waals surface area contributed by atoms with Crippen LogP contribution in [0.2, 0.25) is 0 Å². The van der Waals surface area contributed by atoms with Gasteiger partial charge in [-0.1, -0.05) is 30.3 Å². The van der Waals surface area contributed by atoms with E-state index in [-0.39, 0.29) is 6.79 Å². The summed E-state index contributed by atoms with van der Waals surface area (Å²) in [4.78, 5) is 25.2. The van der Waals surface area contributed by atoms with E-state index < -0.39 is 5.91 Å². The van der Waals surface area contributed by atoms with E-state index in [1.165, 1.54) is 0 Å². The summed E-state index contributed by atoms with van der Waals surface area (Å²) >= 11 is 0. The zero-order chi connectivity index (χ0) is 23.5. The van der Waals surface area contributed by atoms with Gasteiger partial charge < -0.3 is 15.2 Å². The Balaban J connectivity index is 1.70. The molecule has 34 heavy (non-hydrogen) atoms. The number of pyridine rings is 1. The summed E-state index contributed by atoms with van der Waals surface area (Å²) in [7, 11) is 0. The van der Waals surface area contributed by atoms with Crippen LogP contribution in [0.25, 0.3) is 22.3 Å². The first-order chi connectivity index (χ1) is 16.6. The minimum absolute atomic E-state index is 0.204. The molecule has 0 spiro atoms. The molecule has 0 saturated carbocycles. The summed E-state index contributed by atoms with van der Waals surface area (Å²) in [6.07, 6.45) is 3.35. The molecule has 166 valence electrons. The fourth-order valence-electron chi connectivity index (χ4n) is 3.84. The van der Waals surface area contributed by atoms with Gasteiger partial charge in [0, 0.05) is 29.1 Å². The average molecular weight is 448 g/mol. The second-order valence-corrected chi connectivity index (χ2v) is 7.55. The van der Waals surface area contributed by atoms with Crippen molar-refractivity contribution in [1.82, 2.24) is 4.98 Å². The van der Waals surface area contributed by atoms with Crippen molar-refractivity contribution in [2.75, 3.05) is 6.79 Å². The maximum absolute atomic E-state index is 12.2. The molecule has 5 rings (SSSR count). The maximum Gasteiger partial charge on any atom is 0.249 e. The number of carbonyl (C=O) groups is 1. The molecule has 3 aromatic carbocycles. The minimum Gasteiger partial charge on any atom is -0.454 e. The SMILES string of the molecule is C=NC(=Nc1ccc(-c2ccc3c(c2)OCO3)cc1-c1ccccc1C(N)=O)c1cccnc1. The Morgan fingerprint density at radius 1 is 0.912 bits per heavy atom. The molecule has 2 N–H and O–H groups in total. The van der Waals surface area contributed by atoms with Crippen LogP contribution in [0.1, 0.15) is 15.9 Å². The fourth-order valence-corrected chi connectivity index (χ4v) is 3.84. The van der Waals surface area contributed by atoms with E-state index in [1.54, 1.807) is 24.5 Å². The zero-order valence-electron chi connectivity index (χ0n) is 18.1. The lowest BCUT2D eigenvalue weighted by Crippen LogP contribution is -2.12. The van der Waals surface area contributed by atoms with E-state index in [1.807, 2.05) is 60.7 Å². The molecular weight excluding hydrogens is 428 g/mol. The van der Waals surface area contributed by atoms with Crippen LogP contribution in [0.4, 0.5) is 5.69 Å². The number of hydrogen-bond donors (Lipinski definition) is 1. The molecule has 0 aliphatic carbocycles. The first-order valence-corrected chi connectivity index (χ1v) is 10.5. The highest BCUT2D eigenvalue weighted by molar-refractivity contribution is 6.05. The number of fused-ring (bicyclic) bond motifs is 1. The number of hydrogen-bond acceptors (Lipinski definition) is 5. The van der Waals surface area contributed by atoms with Crippen molar-refractivity contribution >= 4 is 24.1 Å². The van der Waals surface area contributed by atoms with Crippen LogP contribution >= 0.6 is 0 Å². The monoisotopic (exact) mass is 448 g/mol. The van der Waals surface area contributed by atoms with Gasteiger partial charge in [-0.15, -0.1) is 0 Å². The minimum atomic E-state index is -0.520. The van der Waals surface area contributed by atoms with Crippen LogP contribution in [-0.4, -0.2) is 30.2 Å². The number of aromatic nitrogens is 1. The molecule has 1 aliphatic heterocycles. The lowest BCUT2D eigenvalue weighted by molar-refractivity contribution is 0.100. The van der Waals surface area contributed by atoms with Crippen LogP contribution in [0.15, 0.2) is 95.2 Å². The van der Waals surface area contributed by atoms with Gasteiger partial charge in [-0.3, -0.25) is 9.78 Å². The molecule has 4 aromatic rings. The Bertz CT molecular complexity index is 1430. The number of benzene rings is 3. The smallest absolute Gasteiger partial charge is 0.249 e. The van der Waals surface area contributed by atoms with Crippen molar-refractivity contribution in [2.45, 2.75) is 0 Å². The van der Waals surface area contributed by atoms with E-state index >= 15 is 0 Å². The topological polar surface area (TPSA) is 99.2 Å². The van der Waals surface area contributed by atoms with Crippen molar-refractivity contribution < 1.29 is 14.3 Å². The van der Waals surface area contributed by atoms with E-state index in [9.17, 15) is 4.79 Å². The van der Waals surface area contributed by atoms with E-state index in [0.717, 1.165) is 22.3 Å². The second kappa shape index (κ2) is 8.99. The van der Waals surface area contributed by atoms with E-state index in [4.69, 9.17) is 20.2 Å². The molecule has 1 aliphatic rings. The molecule has 7 nitrogen and oxygen atoms in total. The Hall–Kier alpha value is -4.78. The summed E-state index contributed by atoms with van der Waals surface area (Å²) in [5.41, 5.74) is 10.7.